The minimum Gasteiger partial charge on any atom is -0.247 e. The first kappa shape index (κ1) is 17.7. The van der Waals surface area contributed by atoms with Gasteiger partial charge in [0.25, 0.3) is 0 Å². The number of hydrogen-bond acceptors (Lipinski definition) is 0. The van der Waals surface area contributed by atoms with Crippen LogP contribution in [0.25, 0.3) is 0 Å². The smallest absolute Gasteiger partial charge is 0.103 e. The Morgan fingerprint density at radius 1 is 0.696 bits per heavy atom. The second-order valence-electron chi connectivity index (χ2n) is 9.07. The van der Waals surface area contributed by atoms with E-state index in [4.69, 9.17) is 0 Å². The Balaban J connectivity index is 1.35. The Labute approximate surface area is 141 Å². The lowest BCUT2D eigenvalue weighted by molar-refractivity contribution is 0.0609. The van der Waals surface area contributed by atoms with E-state index in [1.807, 2.05) is 0 Å². The minimum atomic E-state index is -0.531. The SMILES string of the molecule is CC1CCC(C2CCC(CCC3CCC(F)CC3)CC2)C(F)C1. The second-order valence-corrected chi connectivity index (χ2v) is 9.07. The summed E-state index contributed by atoms with van der Waals surface area (Å²) in [4.78, 5) is 0. The van der Waals surface area contributed by atoms with Crippen LogP contribution >= 0.6 is 0 Å². The highest BCUT2D eigenvalue weighted by Gasteiger charge is 2.36. The lowest BCUT2D eigenvalue weighted by atomic mass is 9.68. The molecule has 3 saturated carbocycles. The normalized spacial score (nSPS) is 45.8. The van der Waals surface area contributed by atoms with Crippen molar-refractivity contribution >= 4 is 0 Å². The van der Waals surface area contributed by atoms with Gasteiger partial charge in [0.2, 0.25) is 0 Å². The molecule has 3 fully saturated rings. The average Bonchev–Trinajstić information content (AvgIpc) is 2.55. The van der Waals surface area contributed by atoms with Crippen molar-refractivity contribution in [3.8, 4) is 0 Å². The van der Waals surface area contributed by atoms with Crippen molar-refractivity contribution in [2.24, 2.45) is 29.6 Å². The summed E-state index contributed by atoms with van der Waals surface area (Å²) in [6.45, 7) is 2.20. The minimum absolute atomic E-state index is 0.368. The van der Waals surface area contributed by atoms with Crippen LogP contribution in [0.3, 0.4) is 0 Å². The number of alkyl halides is 2. The molecular weight excluding hydrogens is 290 g/mol. The van der Waals surface area contributed by atoms with Crippen LogP contribution in [-0.4, -0.2) is 12.3 Å². The van der Waals surface area contributed by atoms with Crippen LogP contribution in [0.2, 0.25) is 0 Å². The Morgan fingerprint density at radius 2 is 1.26 bits per heavy atom. The van der Waals surface area contributed by atoms with Crippen LogP contribution in [0.1, 0.15) is 90.4 Å². The molecule has 0 spiro atoms. The van der Waals surface area contributed by atoms with Crippen molar-refractivity contribution in [3.63, 3.8) is 0 Å². The standard InChI is InChI=1S/C21H36F2/c1-15-2-13-20(21(23)14-15)18-9-5-16(6-10-18)3-4-17-7-11-19(22)12-8-17/h15-21H,2-14H2,1H3. The van der Waals surface area contributed by atoms with Gasteiger partial charge in [-0.05, 0) is 81.0 Å². The average molecular weight is 327 g/mol. The Hall–Kier alpha value is -0.140. The third-order valence-electron chi connectivity index (χ3n) is 7.34. The monoisotopic (exact) mass is 326 g/mol. The Bertz CT molecular complexity index is 340. The summed E-state index contributed by atoms with van der Waals surface area (Å²) in [6, 6.07) is 0. The van der Waals surface area contributed by atoms with Gasteiger partial charge < -0.3 is 0 Å². The zero-order valence-electron chi connectivity index (χ0n) is 15.0. The topological polar surface area (TPSA) is 0 Å². The molecule has 0 saturated heterocycles. The summed E-state index contributed by atoms with van der Waals surface area (Å²) in [5.74, 6) is 3.28. The number of hydrogen-bond donors (Lipinski definition) is 0. The van der Waals surface area contributed by atoms with Crippen molar-refractivity contribution in [1.29, 1.82) is 0 Å². The zero-order chi connectivity index (χ0) is 16.2. The molecule has 0 amide bonds. The van der Waals surface area contributed by atoms with Gasteiger partial charge in [0.1, 0.15) is 12.3 Å². The van der Waals surface area contributed by atoms with Crippen molar-refractivity contribution in [3.05, 3.63) is 0 Å². The molecule has 3 rings (SSSR count). The van der Waals surface area contributed by atoms with Gasteiger partial charge in [-0.2, -0.15) is 0 Å². The summed E-state index contributed by atoms with van der Waals surface area (Å²) in [5.41, 5.74) is 0. The molecule has 3 aliphatic rings. The first-order chi connectivity index (χ1) is 11.1. The molecule has 2 heteroatoms. The van der Waals surface area contributed by atoms with E-state index >= 15 is 0 Å². The zero-order valence-corrected chi connectivity index (χ0v) is 15.0. The summed E-state index contributed by atoms with van der Waals surface area (Å²) in [7, 11) is 0. The first-order valence-corrected chi connectivity index (χ1v) is 10.4. The molecule has 0 aromatic rings. The molecule has 0 aliphatic heterocycles. The van der Waals surface area contributed by atoms with E-state index in [1.165, 1.54) is 44.9 Å². The first-order valence-electron chi connectivity index (χ1n) is 10.4. The maximum atomic E-state index is 14.4. The fourth-order valence-electron chi connectivity index (χ4n) is 5.65. The maximum absolute atomic E-state index is 14.4. The molecule has 0 bridgehead atoms. The van der Waals surface area contributed by atoms with E-state index in [1.54, 1.807) is 0 Å². The highest BCUT2D eigenvalue weighted by Crippen LogP contribution is 2.44. The Morgan fingerprint density at radius 3 is 1.83 bits per heavy atom. The fourth-order valence-corrected chi connectivity index (χ4v) is 5.65. The van der Waals surface area contributed by atoms with Crippen LogP contribution in [0.5, 0.6) is 0 Å². The van der Waals surface area contributed by atoms with Gasteiger partial charge in [-0.15, -0.1) is 0 Å². The quantitative estimate of drug-likeness (QED) is 0.528. The maximum Gasteiger partial charge on any atom is 0.103 e. The molecule has 3 unspecified atom stereocenters. The van der Waals surface area contributed by atoms with Crippen LogP contribution in [0.15, 0.2) is 0 Å². The molecule has 3 atom stereocenters. The largest absolute Gasteiger partial charge is 0.247 e. The third kappa shape index (κ3) is 4.92. The summed E-state index contributed by atoms with van der Waals surface area (Å²) < 4.78 is 27.6. The second kappa shape index (κ2) is 8.30. The van der Waals surface area contributed by atoms with Gasteiger partial charge in [-0.3, -0.25) is 0 Å². The van der Waals surface area contributed by atoms with Crippen LogP contribution < -0.4 is 0 Å². The van der Waals surface area contributed by atoms with E-state index in [0.29, 0.717) is 17.8 Å². The van der Waals surface area contributed by atoms with Gasteiger partial charge in [-0.1, -0.05) is 39.0 Å². The van der Waals surface area contributed by atoms with Crippen LogP contribution in [0.4, 0.5) is 8.78 Å². The van der Waals surface area contributed by atoms with E-state index in [2.05, 4.69) is 6.92 Å². The molecule has 0 aromatic heterocycles. The number of rotatable bonds is 4. The van der Waals surface area contributed by atoms with E-state index < -0.39 is 12.3 Å². The predicted octanol–water partition coefficient (Wildman–Crippen LogP) is 6.88. The fraction of sp³-hybridized carbons (Fsp3) is 1.00. The highest BCUT2D eigenvalue weighted by atomic mass is 19.1. The molecule has 0 N–H and O–H groups in total. The lowest BCUT2D eigenvalue weighted by Gasteiger charge is -2.39. The van der Waals surface area contributed by atoms with Gasteiger partial charge in [-0.25, -0.2) is 8.78 Å². The molecule has 134 valence electrons. The third-order valence-corrected chi connectivity index (χ3v) is 7.34. The molecule has 0 aromatic carbocycles. The van der Waals surface area contributed by atoms with Gasteiger partial charge in [0.15, 0.2) is 0 Å². The molecule has 0 radical (unpaired) electrons. The number of halogens is 2. The molecule has 23 heavy (non-hydrogen) atoms. The summed E-state index contributed by atoms with van der Waals surface area (Å²) in [5, 5.41) is 0. The van der Waals surface area contributed by atoms with Crippen molar-refractivity contribution in [1.82, 2.24) is 0 Å². The molecule has 3 aliphatic carbocycles. The van der Waals surface area contributed by atoms with Gasteiger partial charge in [0, 0.05) is 0 Å². The van der Waals surface area contributed by atoms with Gasteiger partial charge in [0.05, 0.1) is 0 Å². The summed E-state index contributed by atoms with van der Waals surface area (Å²) >= 11 is 0. The molecule has 0 heterocycles. The van der Waals surface area contributed by atoms with Crippen molar-refractivity contribution < 1.29 is 8.78 Å². The molecule has 0 nitrogen and oxygen atoms in total. The highest BCUT2D eigenvalue weighted by molar-refractivity contribution is 4.86. The van der Waals surface area contributed by atoms with Gasteiger partial charge >= 0.3 is 0 Å². The lowest BCUT2D eigenvalue weighted by Crippen LogP contribution is -2.33. The Kier molecular flexibility index (Phi) is 6.38. The summed E-state index contributed by atoms with van der Waals surface area (Å²) in [6.07, 6.45) is 13.8. The predicted molar refractivity (Wildman–Crippen MR) is 92.9 cm³/mol. The van der Waals surface area contributed by atoms with E-state index in [0.717, 1.165) is 50.4 Å². The van der Waals surface area contributed by atoms with E-state index in [-0.39, 0.29) is 0 Å². The van der Waals surface area contributed by atoms with Crippen molar-refractivity contribution in [2.75, 3.05) is 0 Å². The van der Waals surface area contributed by atoms with Crippen LogP contribution in [0, 0.1) is 29.6 Å². The van der Waals surface area contributed by atoms with Crippen LogP contribution in [-0.2, 0) is 0 Å². The van der Waals surface area contributed by atoms with Crippen molar-refractivity contribution in [2.45, 2.75) is 103 Å². The molecular formula is C21H36F2. The van der Waals surface area contributed by atoms with E-state index in [9.17, 15) is 8.78 Å².